The molecule has 0 saturated carbocycles. The highest BCUT2D eigenvalue weighted by atomic mass is 19.4. The van der Waals surface area contributed by atoms with Crippen LogP contribution >= 0.6 is 0 Å². The normalized spacial score (nSPS) is 16.5. The van der Waals surface area contributed by atoms with E-state index in [0.717, 1.165) is 18.7 Å². The molecule has 2 aliphatic rings. The Morgan fingerprint density at radius 3 is 2.50 bits per heavy atom. The fourth-order valence-electron chi connectivity index (χ4n) is 4.95. The number of H-pyrrole nitrogens is 1. The quantitative estimate of drug-likeness (QED) is 0.543. The van der Waals surface area contributed by atoms with Crippen LogP contribution in [0.5, 0.6) is 5.75 Å². The number of carbonyl (C=O) groups is 2. The Labute approximate surface area is 218 Å². The molecule has 4 heterocycles. The van der Waals surface area contributed by atoms with E-state index in [-0.39, 0.29) is 30.7 Å². The lowest BCUT2D eigenvalue weighted by atomic mass is 9.93. The van der Waals surface area contributed by atoms with Crippen LogP contribution in [0.4, 0.5) is 18.0 Å². The van der Waals surface area contributed by atoms with Crippen LogP contribution in [0, 0.1) is 0 Å². The summed E-state index contributed by atoms with van der Waals surface area (Å²) in [6.45, 7) is 1.35. The molecule has 1 saturated heterocycles. The molecule has 38 heavy (non-hydrogen) atoms. The molecule has 1 fully saturated rings. The summed E-state index contributed by atoms with van der Waals surface area (Å²) in [6, 6.07) is 10.9. The minimum Gasteiger partial charge on any atom is -0.482 e. The molecule has 1 aromatic carbocycles. The van der Waals surface area contributed by atoms with E-state index in [9.17, 15) is 22.8 Å². The topological polar surface area (TPSA) is 81.8 Å². The van der Waals surface area contributed by atoms with Crippen LogP contribution in [0.3, 0.4) is 0 Å². The van der Waals surface area contributed by atoms with Crippen molar-refractivity contribution in [3.8, 4) is 17.0 Å². The summed E-state index contributed by atoms with van der Waals surface area (Å²) >= 11 is 0. The van der Waals surface area contributed by atoms with Crippen LogP contribution in [0.15, 0.2) is 48.8 Å². The number of aromatic amines is 1. The number of likely N-dealkylation sites (N-methyl/N-ethyl adjacent to an activating group) is 1. The summed E-state index contributed by atoms with van der Waals surface area (Å²) in [5, 5.41) is 0. The highest BCUT2D eigenvalue weighted by Gasteiger charge is 2.35. The number of hydrogen-bond donors (Lipinski definition) is 1. The van der Waals surface area contributed by atoms with E-state index in [0.29, 0.717) is 47.6 Å². The van der Waals surface area contributed by atoms with Crippen molar-refractivity contribution in [3.63, 3.8) is 0 Å². The maximum atomic E-state index is 13.5. The van der Waals surface area contributed by atoms with Crippen molar-refractivity contribution in [2.24, 2.45) is 0 Å². The molecule has 2 amide bonds. The molecule has 11 heteroatoms. The van der Waals surface area contributed by atoms with Crippen molar-refractivity contribution in [2.75, 3.05) is 46.4 Å². The lowest BCUT2D eigenvalue weighted by Crippen LogP contribution is -2.53. The fraction of sp³-hybridized carbons (Fsp3) is 0.370. The third kappa shape index (κ3) is 5.52. The number of amides is 2. The Bertz CT molecular complexity index is 1320. The second-order valence-corrected chi connectivity index (χ2v) is 9.62. The number of halogens is 3. The molecule has 200 valence electrons. The second-order valence-electron chi connectivity index (χ2n) is 9.62. The molecule has 8 nitrogen and oxygen atoms in total. The lowest BCUT2D eigenvalue weighted by Gasteiger charge is -2.37. The minimum absolute atomic E-state index is 0.0458. The number of nitrogens with zero attached hydrogens (tertiary/aromatic N) is 4. The zero-order chi connectivity index (χ0) is 26.9. The van der Waals surface area contributed by atoms with Gasteiger partial charge in [0, 0.05) is 55.6 Å². The lowest BCUT2D eigenvalue weighted by molar-refractivity contribution is -0.153. The average Bonchev–Trinajstić information content (AvgIpc) is 3.26. The zero-order valence-corrected chi connectivity index (χ0v) is 20.9. The summed E-state index contributed by atoms with van der Waals surface area (Å²) in [4.78, 5) is 39.4. The second kappa shape index (κ2) is 10.5. The van der Waals surface area contributed by atoms with Crippen LogP contribution in [-0.4, -0.2) is 89.0 Å². The summed E-state index contributed by atoms with van der Waals surface area (Å²) in [5.41, 5.74) is 3.49. The van der Waals surface area contributed by atoms with Gasteiger partial charge in [0.05, 0.1) is 25.0 Å². The average molecular weight is 528 g/mol. The number of ketones is 1. The predicted octanol–water partition coefficient (Wildman–Crippen LogP) is 3.97. The standard InChI is InChI=1S/C27H28F3N5O3/c1-33-9-11-34(12-10-33)26(37)35-15-21-24(22(36)16-35)20(13-18-5-3-2-4-6-18)25(32-21)19-7-8-31-14-23(19)38-17-27(28,29)30/h2-8,14,32H,9-13,15-17H2,1H3. The molecule has 5 rings (SSSR count). The summed E-state index contributed by atoms with van der Waals surface area (Å²) in [7, 11) is 2.00. The van der Waals surface area contributed by atoms with Crippen LogP contribution in [0.2, 0.25) is 0 Å². The van der Waals surface area contributed by atoms with Gasteiger partial charge >= 0.3 is 12.2 Å². The highest BCUT2D eigenvalue weighted by Crippen LogP contribution is 2.38. The molecule has 2 aromatic heterocycles. The van der Waals surface area contributed by atoms with Crippen molar-refractivity contribution in [1.82, 2.24) is 24.7 Å². The molecule has 0 spiro atoms. The van der Waals surface area contributed by atoms with Gasteiger partial charge in [0.2, 0.25) is 0 Å². The fourth-order valence-corrected chi connectivity index (χ4v) is 4.95. The van der Waals surface area contributed by atoms with Crippen molar-refractivity contribution >= 4 is 11.8 Å². The first-order valence-electron chi connectivity index (χ1n) is 12.4. The largest absolute Gasteiger partial charge is 0.482 e. The number of alkyl halides is 3. The van der Waals surface area contributed by atoms with E-state index >= 15 is 0 Å². The minimum atomic E-state index is -4.52. The first kappa shape index (κ1) is 25.8. The maximum absolute atomic E-state index is 13.5. The number of fused-ring (bicyclic) bond motifs is 1. The van der Waals surface area contributed by atoms with Gasteiger partial charge in [-0.1, -0.05) is 30.3 Å². The first-order chi connectivity index (χ1) is 18.2. The number of urea groups is 1. The van der Waals surface area contributed by atoms with E-state index in [4.69, 9.17) is 4.74 Å². The van der Waals surface area contributed by atoms with Gasteiger partial charge in [0.25, 0.3) is 0 Å². The molecule has 0 atom stereocenters. The molecule has 0 aliphatic carbocycles. The van der Waals surface area contributed by atoms with Gasteiger partial charge < -0.3 is 24.4 Å². The van der Waals surface area contributed by atoms with Crippen LogP contribution in [0.1, 0.15) is 27.2 Å². The van der Waals surface area contributed by atoms with Crippen molar-refractivity contribution in [3.05, 3.63) is 71.2 Å². The van der Waals surface area contributed by atoms with Crippen LogP contribution < -0.4 is 4.74 Å². The van der Waals surface area contributed by atoms with Crippen LogP contribution in [-0.2, 0) is 13.0 Å². The van der Waals surface area contributed by atoms with E-state index < -0.39 is 12.8 Å². The highest BCUT2D eigenvalue weighted by molar-refractivity contribution is 6.04. The number of nitrogens with one attached hydrogen (secondary N) is 1. The number of aromatic nitrogens is 2. The Kier molecular flexibility index (Phi) is 7.11. The number of rotatable bonds is 5. The van der Waals surface area contributed by atoms with E-state index in [1.807, 2.05) is 37.4 Å². The summed E-state index contributed by atoms with van der Waals surface area (Å²) in [5.74, 6) is -0.260. The van der Waals surface area contributed by atoms with Gasteiger partial charge in [-0.2, -0.15) is 13.2 Å². The number of carbonyl (C=O) groups excluding carboxylic acids is 2. The monoisotopic (exact) mass is 527 g/mol. The van der Waals surface area contributed by atoms with Crippen molar-refractivity contribution in [1.29, 1.82) is 0 Å². The van der Waals surface area contributed by atoms with Gasteiger partial charge in [0.15, 0.2) is 12.4 Å². The molecule has 0 radical (unpaired) electrons. The molecule has 0 unspecified atom stereocenters. The molecule has 0 bridgehead atoms. The van der Waals surface area contributed by atoms with Gasteiger partial charge in [-0.05, 0) is 24.2 Å². The zero-order valence-electron chi connectivity index (χ0n) is 20.9. The Balaban J connectivity index is 1.52. The van der Waals surface area contributed by atoms with Gasteiger partial charge in [-0.3, -0.25) is 9.78 Å². The van der Waals surface area contributed by atoms with Crippen molar-refractivity contribution < 1.29 is 27.5 Å². The molecule has 1 N–H and O–H groups in total. The third-order valence-corrected chi connectivity index (χ3v) is 6.86. The molecular weight excluding hydrogens is 499 g/mol. The number of Topliss-reactive ketones (excluding diaryl/α,β-unsaturated/α-hetero) is 1. The number of ether oxygens (including phenoxy) is 1. The van der Waals surface area contributed by atoms with Crippen molar-refractivity contribution in [2.45, 2.75) is 19.1 Å². The van der Waals surface area contributed by atoms with Crippen LogP contribution in [0.25, 0.3) is 11.3 Å². The molecule has 2 aliphatic heterocycles. The third-order valence-electron chi connectivity index (χ3n) is 6.86. The predicted molar refractivity (Wildman–Crippen MR) is 134 cm³/mol. The number of piperazine rings is 1. The van der Waals surface area contributed by atoms with E-state index in [2.05, 4.69) is 14.9 Å². The van der Waals surface area contributed by atoms with Gasteiger partial charge in [-0.15, -0.1) is 0 Å². The van der Waals surface area contributed by atoms with E-state index in [1.54, 1.807) is 11.0 Å². The van der Waals surface area contributed by atoms with Gasteiger partial charge in [-0.25, -0.2) is 4.79 Å². The Morgan fingerprint density at radius 2 is 1.79 bits per heavy atom. The first-order valence-corrected chi connectivity index (χ1v) is 12.4. The SMILES string of the molecule is CN1CCN(C(=O)N2CC(=O)c3c([nH]c(-c4ccncc4OCC(F)(F)F)c3Cc3ccccc3)C2)CC1. The number of benzene rings is 1. The Morgan fingerprint density at radius 1 is 1.05 bits per heavy atom. The smallest absolute Gasteiger partial charge is 0.422 e. The number of pyridine rings is 1. The Hall–Kier alpha value is -3.86. The van der Waals surface area contributed by atoms with E-state index in [1.165, 1.54) is 17.3 Å². The number of hydrogen-bond acceptors (Lipinski definition) is 5. The van der Waals surface area contributed by atoms with Gasteiger partial charge in [0.1, 0.15) is 5.75 Å². The maximum Gasteiger partial charge on any atom is 0.422 e. The summed E-state index contributed by atoms with van der Waals surface area (Å²) < 4.78 is 43.9. The molecular formula is C27H28F3N5O3. The molecule has 3 aromatic rings. The summed E-state index contributed by atoms with van der Waals surface area (Å²) in [6.07, 6.45) is -1.44.